The van der Waals surface area contributed by atoms with Crippen LogP contribution < -0.4 is 0 Å². The summed E-state index contributed by atoms with van der Waals surface area (Å²) in [6.07, 6.45) is 10.8. The summed E-state index contributed by atoms with van der Waals surface area (Å²) in [4.78, 5) is 26.3. The molecule has 1 amide bonds. The van der Waals surface area contributed by atoms with Crippen LogP contribution in [-0.4, -0.2) is 29.7 Å². The molecule has 0 N–H and O–H groups in total. The number of amides is 1. The molecule has 5 fully saturated rings. The van der Waals surface area contributed by atoms with E-state index in [2.05, 4.69) is 4.90 Å². The van der Waals surface area contributed by atoms with Crippen molar-refractivity contribution < 1.29 is 9.59 Å². The van der Waals surface area contributed by atoms with Crippen LogP contribution in [0, 0.1) is 29.1 Å². The molecule has 4 bridgehead atoms. The van der Waals surface area contributed by atoms with Crippen LogP contribution in [-0.2, 0) is 9.59 Å². The molecule has 4 aliphatic carbocycles. The van der Waals surface area contributed by atoms with Crippen LogP contribution in [0.4, 0.5) is 0 Å². The Morgan fingerprint density at radius 1 is 0.955 bits per heavy atom. The van der Waals surface area contributed by atoms with Crippen molar-refractivity contribution in [2.24, 2.45) is 29.1 Å². The molecule has 5 aliphatic rings. The predicted octanol–water partition coefficient (Wildman–Crippen LogP) is 3.42. The minimum atomic E-state index is 0.198. The minimum Gasteiger partial charge on any atom is -0.343 e. The normalized spacial score (nSPS) is 41.0. The van der Waals surface area contributed by atoms with Crippen molar-refractivity contribution in [3.8, 4) is 0 Å². The monoisotopic (exact) mass is 303 g/mol. The van der Waals surface area contributed by atoms with E-state index in [0.29, 0.717) is 17.1 Å². The highest BCUT2D eigenvalue weighted by Crippen LogP contribution is 2.61. The Labute approximate surface area is 133 Å². The summed E-state index contributed by atoms with van der Waals surface area (Å²) >= 11 is 0. The lowest BCUT2D eigenvalue weighted by Crippen LogP contribution is -2.49. The van der Waals surface area contributed by atoms with Gasteiger partial charge in [-0.2, -0.15) is 0 Å². The number of carbonyl (C=O) groups is 2. The maximum absolute atomic E-state index is 12.8. The molecule has 0 aromatic carbocycles. The highest BCUT2D eigenvalue weighted by Gasteiger charge is 2.51. The van der Waals surface area contributed by atoms with Gasteiger partial charge < -0.3 is 4.90 Å². The van der Waals surface area contributed by atoms with Gasteiger partial charge in [0.1, 0.15) is 5.78 Å². The Hall–Kier alpha value is -0.860. The third kappa shape index (κ3) is 2.61. The number of Topliss-reactive ketones (excluding diaryl/α,β-unsaturated/α-hetero) is 1. The first kappa shape index (κ1) is 14.7. The van der Waals surface area contributed by atoms with Crippen molar-refractivity contribution in [2.45, 2.75) is 64.7 Å². The summed E-state index contributed by atoms with van der Waals surface area (Å²) in [5.74, 6) is 3.63. The maximum Gasteiger partial charge on any atom is 0.223 e. The number of piperidine rings is 1. The molecule has 0 aromatic heterocycles. The average molecular weight is 303 g/mol. The first-order valence-electron chi connectivity index (χ1n) is 9.31. The zero-order chi connectivity index (χ0) is 15.3. The topological polar surface area (TPSA) is 37.4 Å². The molecular formula is C19H29NO2. The molecule has 0 atom stereocenters. The number of hydrogen-bond acceptors (Lipinski definition) is 2. The van der Waals surface area contributed by atoms with Gasteiger partial charge in [0.25, 0.3) is 0 Å². The fraction of sp³-hybridized carbons (Fsp3) is 0.895. The van der Waals surface area contributed by atoms with Crippen LogP contribution in [0.25, 0.3) is 0 Å². The van der Waals surface area contributed by atoms with E-state index in [1.54, 1.807) is 6.92 Å². The predicted molar refractivity (Wildman–Crippen MR) is 85.2 cm³/mol. The van der Waals surface area contributed by atoms with Crippen molar-refractivity contribution in [1.82, 2.24) is 4.90 Å². The van der Waals surface area contributed by atoms with Crippen LogP contribution in [0.3, 0.4) is 0 Å². The summed E-state index contributed by atoms with van der Waals surface area (Å²) in [5.41, 5.74) is 0.350. The van der Waals surface area contributed by atoms with Gasteiger partial charge in [-0.3, -0.25) is 9.59 Å². The second-order valence-electron chi connectivity index (χ2n) is 8.86. The highest BCUT2D eigenvalue weighted by molar-refractivity contribution is 5.80. The van der Waals surface area contributed by atoms with Gasteiger partial charge in [-0.15, -0.1) is 0 Å². The third-order valence-electron chi connectivity index (χ3n) is 7.11. The molecular weight excluding hydrogens is 274 g/mol. The van der Waals surface area contributed by atoms with Gasteiger partial charge in [0, 0.05) is 25.4 Å². The zero-order valence-corrected chi connectivity index (χ0v) is 13.9. The molecule has 5 rings (SSSR count). The van der Waals surface area contributed by atoms with Crippen LogP contribution >= 0.6 is 0 Å². The first-order chi connectivity index (χ1) is 10.5. The molecule has 1 heterocycles. The molecule has 0 aromatic rings. The van der Waals surface area contributed by atoms with Crippen molar-refractivity contribution >= 4 is 11.7 Å². The molecule has 1 aliphatic heterocycles. The molecule has 4 saturated carbocycles. The van der Waals surface area contributed by atoms with Gasteiger partial charge in [0.2, 0.25) is 5.91 Å². The van der Waals surface area contributed by atoms with Crippen molar-refractivity contribution in [3.05, 3.63) is 0 Å². The Morgan fingerprint density at radius 3 is 1.91 bits per heavy atom. The Balaban J connectivity index is 1.37. The number of rotatable bonds is 3. The van der Waals surface area contributed by atoms with Crippen molar-refractivity contribution in [1.29, 1.82) is 0 Å². The number of likely N-dealkylation sites (tertiary alicyclic amines) is 1. The SMILES string of the molecule is CC(=O)C1CCN(C(=O)CC23CC4CC(CC(C4)C2)C3)CC1. The molecule has 22 heavy (non-hydrogen) atoms. The lowest BCUT2D eigenvalue weighted by molar-refractivity contribution is -0.142. The third-order valence-corrected chi connectivity index (χ3v) is 7.11. The lowest BCUT2D eigenvalue weighted by atomic mass is 9.49. The first-order valence-corrected chi connectivity index (χ1v) is 9.31. The zero-order valence-electron chi connectivity index (χ0n) is 13.9. The Morgan fingerprint density at radius 2 is 1.45 bits per heavy atom. The Kier molecular flexibility index (Phi) is 3.58. The van der Waals surface area contributed by atoms with Crippen LogP contribution in [0.5, 0.6) is 0 Å². The van der Waals surface area contributed by atoms with Gasteiger partial charge in [-0.1, -0.05) is 0 Å². The van der Waals surface area contributed by atoms with Crippen molar-refractivity contribution in [2.75, 3.05) is 13.1 Å². The second-order valence-corrected chi connectivity index (χ2v) is 8.86. The van der Waals surface area contributed by atoms with E-state index < -0.39 is 0 Å². The van der Waals surface area contributed by atoms with Gasteiger partial charge in [-0.05, 0) is 81.5 Å². The van der Waals surface area contributed by atoms with E-state index >= 15 is 0 Å². The summed E-state index contributed by atoms with van der Waals surface area (Å²) in [6, 6.07) is 0. The highest BCUT2D eigenvalue weighted by atomic mass is 16.2. The molecule has 122 valence electrons. The molecule has 3 heteroatoms. The van der Waals surface area contributed by atoms with Gasteiger partial charge in [0.05, 0.1) is 0 Å². The van der Waals surface area contributed by atoms with Crippen LogP contribution in [0.15, 0.2) is 0 Å². The number of hydrogen-bond donors (Lipinski definition) is 0. The van der Waals surface area contributed by atoms with Gasteiger partial charge in [-0.25, -0.2) is 0 Å². The van der Waals surface area contributed by atoms with E-state index in [4.69, 9.17) is 0 Å². The second kappa shape index (κ2) is 5.35. The lowest BCUT2D eigenvalue weighted by Gasteiger charge is -2.57. The van der Waals surface area contributed by atoms with E-state index in [0.717, 1.165) is 50.1 Å². The average Bonchev–Trinajstić information content (AvgIpc) is 2.45. The largest absolute Gasteiger partial charge is 0.343 e. The quantitative estimate of drug-likeness (QED) is 0.801. The van der Waals surface area contributed by atoms with E-state index in [-0.39, 0.29) is 5.92 Å². The summed E-state index contributed by atoms with van der Waals surface area (Å²) in [5, 5.41) is 0. The number of ketones is 1. The molecule has 1 saturated heterocycles. The molecule has 0 unspecified atom stereocenters. The van der Waals surface area contributed by atoms with E-state index in [1.807, 2.05) is 0 Å². The van der Waals surface area contributed by atoms with Gasteiger partial charge in [0.15, 0.2) is 0 Å². The number of nitrogens with zero attached hydrogens (tertiary/aromatic N) is 1. The minimum absolute atomic E-state index is 0.198. The van der Waals surface area contributed by atoms with Crippen LogP contribution in [0.1, 0.15) is 64.7 Å². The van der Waals surface area contributed by atoms with Crippen LogP contribution in [0.2, 0.25) is 0 Å². The molecule has 0 spiro atoms. The fourth-order valence-electron chi connectivity index (χ4n) is 6.47. The summed E-state index contributed by atoms with van der Waals surface area (Å²) in [7, 11) is 0. The van der Waals surface area contributed by atoms with Gasteiger partial charge >= 0.3 is 0 Å². The maximum atomic E-state index is 12.8. The van der Waals surface area contributed by atoms with Crippen molar-refractivity contribution in [3.63, 3.8) is 0 Å². The summed E-state index contributed by atoms with van der Waals surface area (Å²) in [6.45, 7) is 3.29. The summed E-state index contributed by atoms with van der Waals surface area (Å²) < 4.78 is 0. The Bertz CT molecular complexity index is 441. The van der Waals surface area contributed by atoms with E-state index in [9.17, 15) is 9.59 Å². The molecule has 3 nitrogen and oxygen atoms in total. The van der Waals surface area contributed by atoms with E-state index in [1.165, 1.54) is 38.5 Å². The number of carbonyl (C=O) groups excluding carboxylic acids is 2. The smallest absolute Gasteiger partial charge is 0.223 e. The standard InChI is InChI=1S/C19H29NO2/c1-13(21)17-2-4-20(5-3-17)18(22)12-19-9-14-6-15(10-19)8-16(7-14)11-19/h14-17H,2-12H2,1H3. The molecule has 0 radical (unpaired) electrons. The fourth-order valence-corrected chi connectivity index (χ4v) is 6.47.